The molecule has 1 aliphatic carbocycles. The van der Waals surface area contributed by atoms with Gasteiger partial charge in [-0.25, -0.2) is 0 Å². The molecule has 2 nitrogen and oxygen atoms in total. The molecule has 0 radical (unpaired) electrons. The molecule has 0 atom stereocenters. The van der Waals surface area contributed by atoms with E-state index in [-0.39, 0.29) is 0 Å². The van der Waals surface area contributed by atoms with Crippen molar-refractivity contribution < 1.29 is 9.84 Å². The minimum atomic E-state index is -0.409. The lowest BCUT2D eigenvalue weighted by atomic mass is 10.0. The lowest BCUT2D eigenvalue weighted by molar-refractivity contribution is 0.140. The average molecular weight is 227 g/mol. The number of rotatable bonds is 4. The minimum Gasteiger partial charge on any atom is -0.496 e. The topological polar surface area (TPSA) is 29.5 Å². The fraction of sp³-hybridized carbons (Fsp3) is 0.500. The van der Waals surface area contributed by atoms with E-state index in [1.165, 1.54) is 0 Å². The van der Waals surface area contributed by atoms with Crippen molar-refractivity contribution in [3.63, 3.8) is 0 Å². The third-order valence-electron chi connectivity index (χ3n) is 2.93. The van der Waals surface area contributed by atoms with Crippen LogP contribution in [0.25, 0.3) is 0 Å². The lowest BCUT2D eigenvalue weighted by Gasteiger charge is -2.11. The van der Waals surface area contributed by atoms with Gasteiger partial charge in [-0.1, -0.05) is 11.6 Å². The smallest absolute Gasteiger partial charge is 0.122 e. The Morgan fingerprint density at radius 3 is 2.80 bits per heavy atom. The van der Waals surface area contributed by atoms with E-state index in [1.807, 2.05) is 18.2 Å². The Morgan fingerprint density at radius 2 is 2.20 bits per heavy atom. The van der Waals surface area contributed by atoms with E-state index in [2.05, 4.69) is 0 Å². The van der Waals surface area contributed by atoms with Crippen LogP contribution in [0, 0.1) is 0 Å². The second-order valence-corrected chi connectivity index (χ2v) is 4.62. The van der Waals surface area contributed by atoms with E-state index < -0.39 is 5.60 Å². The Balaban J connectivity index is 2.08. The zero-order valence-electron chi connectivity index (χ0n) is 8.79. The summed E-state index contributed by atoms with van der Waals surface area (Å²) in [6, 6.07) is 5.59. The molecule has 0 bridgehead atoms. The summed E-state index contributed by atoms with van der Waals surface area (Å²) in [5.41, 5.74) is 0.665. The summed E-state index contributed by atoms with van der Waals surface area (Å²) in [5.74, 6) is 0.851. The molecule has 82 valence electrons. The zero-order valence-corrected chi connectivity index (χ0v) is 9.55. The first-order valence-electron chi connectivity index (χ1n) is 5.18. The number of ether oxygens (including phenoxy) is 1. The van der Waals surface area contributed by atoms with Crippen LogP contribution in [0.15, 0.2) is 18.2 Å². The van der Waals surface area contributed by atoms with Gasteiger partial charge in [0.15, 0.2) is 0 Å². The number of methoxy groups -OCH3 is 1. The van der Waals surface area contributed by atoms with Crippen molar-refractivity contribution in [3.8, 4) is 5.75 Å². The fourth-order valence-corrected chi connectivity index (χ4v) is 1.90. The maximum absolute atomic E-state index is 9.75. The summed E-state index contributed by atoms with van der Waals surface area (Å²) >= 11 is 5.92. The molecular formula is C12H15ClO2. The van der Waals surface area contributed by atoms with E-state index in [0.29, 0.717) is 5.02 Å². The highest BCUT2D eigenvalue weighted by atomic mass is 35.5. The Bertz CT molecular complexity index is 359. The first-order valence-corrected chi connectivity index (χ1v) is 5.56. The van der Waals surface area contributed by atoms with Crippen LogP contribution in [0.3, 0.4) is 0 Å². The van der Waals surface area contributed by atoms with Gasteiger partial charge in [-0.2, -0.15) is 0 Å². The standard InChI is InChI=1S/C12H15ClO2/c1-15-11-3-2-10(13)8-9(11)4-5-12(14)6-7-12/h2-3,8,14H,4-7H2,1H3. The Kier molecular flexibility index (Phi) is 2.89. The third-order valence-corrected chi connectivity index (χ3v) is 3.16. The summed E-state index contributed by atoms with van der Waals surface area (Å²) in [7, 11) is 1.65. The highest BCUT2D eigenvalue weighted by molar-refractivity contribution is 6.30. The predicted molar refractivity (Wildman–Crippen MR) is 60.5 cm³/mol. The summed E-state index contributed by atoms with van der Waals surface area (Å²) in [6.45, 7) is 0. The maximum Gasteiger partial charge on any atom is 0.122 e. The van der Waals surface area contributed by atoms with Gasteiger partial charge < -0.3 is 9.84 Å². The molecule has 0 amide bonds. The van der Waals surface area contributed by atoms with Crippen molar-refractivity contribution in [1.82, 2.24) is 0 Å². The van der Waals surface area contributed by atoms with E-state index in [1.54, 1.807) is 7.11 Å². The number of hydrogen-bond donors (Lipinski definition) is 1. The minimum absolute atomic E-state index is 0.409. The van der Waals surface area contributed by atoms with Crippen LogP contribution in [0.4, 0.5) is 0 Å². The quantitative estimate of drug-likeness (QED) is 0.856. The van der Waals surface area contributed by atoms with Crippen molar-refractivity contribution in [3.05, 3.63) is 28.8 Å². The molecule has 1 saturated carbocycles. The first kappa shape index (κ1) is 10.8. The molecule has 3 heteroatoms. The highest BCUT2D eigenvalue weighted by Crippen LogP contribution is 2.40. The Morgan fingerprint density at radius 1 is 1.47 bits per heavy atom. The zero-order chi connectivity index (χ0) is 10.9. The van der Waals surface area contributed by atoms with Crippen molar-refractivity contribution in [2.24, 2.45) is 0 Å². The van der Waals surface area contributed by atoms with E-state index in [0.717, 1.165) is 37.0 Å². The van der Waals surface area contributed by atoms with Crippen LogP contribution in [-0.2, 0) is 6.42 Å². The fourth-order valence-electron chi connectivity index (χ4n) is 1.70. The largest absolute Gasteiger partial charge is 0.496 e. The Hall–Kier alpha value is -0.730. The number of benzene rings is 1. The van der Waals surface area contributed by atoms with Gasteiger partial charge in [-0.3, -0.25) is 0 Å². The number of halogens is 1. The van der Waals surface area contributed by atoms with E-state index in [4.69, 9.17) is 16.3 Å². The molecule has 1 fully saturated rings. The molecule has 0 aromatic heterocycles. The summed E-state index contributed by atoms with van der Waals surface area (Å²) in [6.07, 6.45) is 3.47. The Labute approximate surface area is 94.8 Å². The van der Waals surface area contributed by atoms with Crippen molar-refractivity contribution in [2.45, 2.75) is 31.3 Å². The maximum atomic E-state index is 9.75. The highest BCUT2D eigenvalue weighted by Gasteiger charge is 2.39. The number of hydrogen-bond acceptors (Lipinski definition) is 2. The van der Waals surface area contributed by atoms with Crippen molar-refractivity contribution >= 4 is 11.6 Å². The van der Waals surface area contributed by atoms with E-state index in [9.17, 15) is 5.11 Å². The number of aliphatic hydroxyl groups is 1. The van der Waals surface area contributed by atoms with Crippen LogP contribution >= 0.6 is 11.6 Å². The monoisotopic (exact) mass is 226 g/mol. The molecule has 1 aromatic carbocycles. The SMILES string of the molecule is COc1ccc(Cl)cc1CCC1(O)CC1. The molecule has 0 spiro atoms. The van der Waals surface area contributed by atoms with Crippen LogP contribution in [0.2, 0.25) is 5.02 Å². The van der Waals surface area contributed by atoms with Gasteiger partial charge in [0.25, 0.3) is 0 Å². The predicted octanol–water partition coefficient (Wildman–Crippen LogP) is 2.81. The van der Waals surface area contributed by atoms with Crippen LogP contribution < -0.4 is 4.74 Å². The molecule has 1 aromatic rings. The molecule has 1 aliphatic rings. The van der Waals surface area contributed by atoms with Gasteiger partial charge in [0.1, 0.15) is 5.75 Å². The molecular weight excluding hydrogens is 212 g/mol. The summed E-state index contributed by atoms with van der Waals surface area (Å²) in [4.78, 5) is 0. The lowest BCUT2D eigenvalue weighted by Crippen LogP contribution is -2.08. The van der Waals surface area contributed by atoms with Gasteiger partial charge in [-0.05, 0) is 49.4 Å². The first-order chi connectivity index (χ1) is 7.13. The van der Waals surface area contributed by atoms with Gasteiger partial charge in [-0.15, -0.1) is 0 Å². The van der Waals surface area contributed by atoms with Gasteiger partial charge >= 0.3 is 0 Å². The molecule has 0 unspecified atom stereocenters. The molecule has 1 N–H and O–H groups in total. The van der Waals surface area contributed by atoms with Crippen molar-refractivity contribution in [2.75, 3.05) is 7.11 Å². The average Bonchev–Trinajstić information content (AvgIpc) is 2.95. The second-order valence-electron chi connectivity index (χ2n) is 4.18. The van der Waals surface area contributed by atoms with E-state index >= 15 is 0 Å². The molecule has 2 rings (SSSR count). The molecule has 0 saturated heterocycles. The molecule has 0 aliphatic heterocycles. The van der Waals surface area contributed by atoms with Crippen LogP contribution in [0.1, 0.15) is 24.8 Å². The van der Waals surface area contributed by atoms with Gasteiger partial charge in [0.2, 0.25) is 0 Å². The summed E-state index contributed by atoms with van der Waals surface area (Å²) in [5, 5.41) is 10.5. The van der Waals surface area contributed by atoms with Gasteiger partial charge in [0, 0.05) is 5.02 Å². The van der Waals surface area contributed by atoms with Crippen molar-refractivity contribution in [1.29, 1.82) is 0 Å². The summed E-state index contributed by atoms with van der Waals surface area (Å²) < 4.78 is 5.25. The van der Waals surface area contributed by atoms with Crippen LogP contribution in [0.5, 0.6) is 5.75 Å². The normalized spacial score (nSPS) is 17.5. The van der Waals surface area contributed by atoms with Gasteiger partial charge in [0.05, 0.1) is 12.7 Å². The number of aryl methyl sites for hydroxylation is 1. The van der Waals surface area contributed by atoms with Crippen LogP contribution in [-0.4, -0.2) is 17.8 Å². The third kappa shape index (κ3) is 2.64. The molecule has 15 heavy (non-hydrogen) atoms. The second kappa shape index (κ2) is 4.03. The molecule has 0 heterocycles.